The minimum absolute atomic E-state index is 1.30. The van der Waals surface area contributed by atoms with E-state index in [1.165, 1.54) is 54.2 Å². The van der Waals surface area contributed by atoms with Crippen molar-refractivity contribution in [3.8, 4) is 0 Å². The van der Waals surface area contributed by atoms with Gasteiger partial charge >= 0.3 is 0 Å². The Hall–Kier alpha value is -2.86. The predicted octanol–water partition coefficient (Wildman–Crippen LogP) is 6.92. The van der Waals surface area contributed by atoms with Gasteiger partial charge in [-0.1, -0.05) is 60.7 Å². The van der Waals surface area contributed by atoms with Crippen molar-refractivity contribution in [3.05, 3.63) is 83.9 Å². The molecule has 0 fully saturated rings. The molecule has 24 heavy (non-hydrogen) atoms. The van der Waals surface area contributed by atoms with Gasteiger partial charge in [0, 0.05) is 0 Å². The second kappa shape index (κ2) is 4.82. The first-order valence-corrected chi connectivity index (χ1v) is 8.46. The zero-order chi connectivity index (χ0) is 16.3. The van der Waals surface area contributed by atoms with Gasteiger partial charge in [0.05, 0.1) is 0 Å². The van der Waals surface area contributed by atoms with Crippen LogP contribution in [-0.4, -0.2) is 0 Å². The fourth-order valence-electron chi connectivity index (χ4n) is 3.94. The van der Waals surface area contributed by atoms with Gasteiger partial charge in [0.25, 0.3) is 0 Å². The largest absolute Gasteiger partial charge is 0.0616 e. The van der Waals surface area contributed by atoms with Gasteiger partial charge in [-0.2, -0.15) is 0 Å². The Balaban J connectivity index is 2.06. The standard InChI is InChI=1S/C24H18/c1-15-7-8-18-10-12-20-13-19-11-9-17-5-3-4-6-21(17)22(19)14-23(20)24(18)16(15)2/h3-14H,1-2H3. The number of fused-ring (bicyclic) bond motifs is 6. The molecule has 0 N–H and O–H groups in total. The molecule has 0 heterocycles. The van der Waals surface area contributed by atoms with Gasteiger partial charge in [0.15, 0.2) is 0 Å². The lowest BCUT2D eigenvalue weighted by Crippen LogP contribution is -1.87. The highest BCUT2D eigenvalue weighted by molar-refractivity contribution is 6.18. The maximum atomic E-state index is 2.39. The molecule has 0 unspecified atom stereocenters. The number of aryl methyl sites for hydroxylation is 2. The molecule has 0 atom stereocenters. The van der Waals surface area contributed by atoms with Gasteiger partial charge in [0.2, 0.25) is 0 Å². The van der Waals surface area contributed by atoms with E-state index < -0.39 is 0 Å². The lowest BCUT2D eigenvalue weighted by atomic mass is 9.92. The molecule has 114 valence electrons. The molecular formula is C24H18. The molecule has 0 amide bonds. The Labute approximate surface area is 141 Å². The zero-order valence-corrected chi connectivity index (χ0v) is 13.9. The molecule has 5 rings (SSSR count). The summed E-state index contributed by atoms with van der Waals surface area (Å²) in [6, 6.07) is 26.8. The van der Waals surface area contributed by atoms with Crippen LogP contribution in [0.3, 0.4) is 0 Å². The number of hydrogen-bond donors (Lipinski definition) is 0. The lowest BCUT2D eigenvalue weighted by Gasteiger charge is -2.12. The minimum atomic E-state index is 1.30. The van der Waals surface area contributed by atoms with Gasteiger partial charge in [0.1, 0.15) is 0 Å². The Kier molecular flexibility index (Phi) is 2.72. The van der Waals surface area contributed by atoms with E-state index in [1.807, 2.05) is 0 Å². The second-order valence-electron chi connectivity index (χ2n) is 6.75. The molecule has 0 aliphatic heterocycles. The summed E-state index contributed by atoms with van der Waals surface area (Å²) in [4.78, 5) is 0. The van der Waals surface area contributed by atoms with Gasteiger partial charge < -0.3 is 0 Å². The molecular weight excluding hydrogens is 288 g/mol. The quantitative estimate of drug-likeness (QED) is 0.215. The summed E-state index contributed by atoms with van der Waals surface area (Å²) in [5, 5.41) is 10.7. The first-order valence-electron chi connectivity index (χ1n) is 8.46. The van der Waals surface area contributed by atoms with Crippen LogP contribution in [-0.2, 0) is 0 Å². The lowest BCUT2D eigenvalue weighted by molar-refractivity contribution is 1.39. The summed E-state index contributed by atoms with van der Waals surface area (Å²) < 4.78 is 0. The highest BCUT2D eigenvalue weighted by atomic mass is 14.1. The van der Waals surface area contributed by atoms with Crippen molar-refractivity contribution in [2.24, 2.45) is 0 Å². The summed E-state index contributed by atoms with van der Waals surface area (Å²) in [6.07, 6.45) is 0. The van der Waals surface area contributed by atoms with E-state index in [2.05, 4.69) is 86.6 Å². The third-order valence-electron chi connectivity index (χ3n) is 5.39. The monoisotopic (exact) mass is 306 g/mol. The van der Waals surface area contributed by atoms with Crippen LogP contribution >= 0.6 is 0 Å². The van der Waals surface area contributed by atoms with Gasteiger partial charge in [-0.15, -0.1) is 0 Å². The molecule has 0 saturated carbocycles. The fourth-order valence-corrected chi connectivity index (χ4v) is 3.94. The fraction of sp³-hybridized carbons (Fsp3) is 0.0833. The van der Waals surface area contributed by atoms with Gasteiger partial charge in [-0.25, -0.2) is 0 Å². The molecule has 0 aliphatic rings. The molecule has 0 nitrogen and oxygen atoms in total. The number of hydrogen-bond acceptors (Lipinski definition) is 0. The Bertz CT molecular complexity index is 1260. The van der Waals surface area contributed by atoms with E-state index in [0.29, 0.717) is 0 Å². The molecule has 0 radical (unpaired) electrons. The van der Waals surface area contributed by atoms with Crippen molar-refractivity contribution < 1.29 is 0 Å². The Morgan fingerprint density at radius 3 is 2.04 bits per heavy atom. The summed E-state index contributed by atoms with van der Waals surface area (Å²) in [7, 11) is 0. The van der Waals surface area contributed by atoms with E-state index in [9.17, 15) is 0 Å². The van der Waals surface area contributed by atoms with Crippen LogP contribution in [0, 0.1) is 13.8 Å². The van der Waals surface area contributed by atoms with Crippen LogP contribution in [0.1, 0.15) is 11.1 Å². The van der Waals surface area contributed by atoms with Crippen LogP contribution in [0.5, 0.6) is 0 Å². The molecule has 5 aromatic rings. The SMILES string of the molecule is Cc1ccc2ccc3cc4ccc5ccccc5c4cc3c2c1C. The normalized spacial score (nSPS) is 11.8. The van der Waals surface area contributed by atoms with Gasteiger partial charge in [-0.05, 0) is 80.2 Å². The van der Waals surface area contributed by atoms with E-state index in [4.69, 9.17) is 0 Å². The molecule has 0 aromatic heterocycles. The summed E-state index contributed by atoms with van der Waals surface area (Å²) in [6.45, 7) is 4.44. The smallest absolute Gasteiger partial charge is 0.00733 e. The van der Waals surface area contributed by atoms with Crippen LogP contribution in [0.2, 0.25) is 0 Å². The van der Waals surface area contributed by atoms with Crippen molar-refractivity contribution in [2.45, 2.75) is 13.8 Å². The third kappa shape index (κ3) is 1.80. The summed E-state index contributed by atoms with van der Waals surface area (Å²) in [5.74, 6) is 0. The molecule has 5 aromatic carbocycles. The highest BCUT2D eigenvalue weighted by Crippen LogP contribution is 2.35. The topological polar surface area (TPSA) is 0 Å². The Morgan fingerprint density at radius 1 is 0.500 bits per heavy atom. The first kappa shape index (κ1) is 13.6. The molecule has 0 saturated heterocycles. The second-order valence-corrected chi connectivity index (χ2v) is 6.75. The van der Waals surface area contributed by atoms with Crippen LogP contribution in [0.4, 0.5) is 0 Å². The summed E-state index contributed by atoms with van der Waals surface area (Å²) in [5.41, 5.74) is 2.74. The molecule has 0 spiro atoms. The summed E-state index contributed by atoms with van der Waals surface area (Å²) >= 11 is 0. The van der Waals surface area contributed by atoms with Crippen LogP contribution in [0.25, 0.3) is 43.1 Å². The van der Waals surface area contributed by atoms with E-state index >= 15 is 0 Å². The van der Waals surface area contributed by atoms with Crippen molar-refractivity contribution in [1.29, 1.82) is 0 Å². The maximum Gasteiger partial charge on any atom is -0.00733 e. The van der Waals surface area contributed by atoms with Crippen LogP contribution < -0.4 is 0 Å². The Morgan fingerprint density at radius 2 is 1.17 bits per heavy atom. The molecule has 0 bridgehead atoms. The van der Waals surface area contributed by atoms with Crippen molar-refractivity contribution in [2.75, 3.05) is 0 Å². The predicted molar refractivity (Wildman–Crippen MR) is 106 cm³/mol. The number of benzene rings is 5. The molecule has 0 heteroatoms. The molecule has 0 aliphatic carbocycles. The first-order chi connectivity index (χ1) is 11.7. The van der Waals surface area contributed by atoms with E-state index in [0.717, 1.165) is 0 Å². The van der Waals surface area contributed by atoms with E-state index in [-0.39, 0.29) is 0 Å². The van der Waals surface area contributed by atoms with Crippen molar-refractivity contribution >= 4 is 43.1 Å². The minimum Gasteiger partial charge on any atom is -0.0616 e. The average molecular weight is 306 g/mol. The van der Waals surface area contributed by atoms with Crippen LogP contribution in [0.15, 0.2) is 72.8 Å². The van der Waals surface area contributed by atoms with Crippen molar-refractivity contribution in [3.63, 3.8) is 0 Å². The average Bonchev–Trinajstić information content (AvgIpc) is 2.62. The number of rotatable bonds is 0. The maximum absolute atomic E-state index is 2.39. The zero-order valence-electron chi connectivity index (χ0n) is 13.9. The highest BCUT2D eigenvalue weighted by Gasteiger charge is 2.08. The third-order valence-corrected chi connectivity index (χ3v) is 5.39. The van der Waals surface area contributed by atoms with Crippen molar-refractivity contribution in [1.82, 2.24) is 0 Å². The van der Waals surface area contributed by atoms with E-state index in [1.54, 1.807) is 0 Å². The van der Waals surface area contributed by atoms with Gasteiger partial charge in [-0.3, -0.25) is 0 Å².